The number of carbonyl (C=O) groups is 1. The van der Waals surface area contributed by atoms with Gasteiger partial charge < -0.3 is 5.32 Å². The second-order valence-corrected chi connectivity index (χ2v) is 4.36. The molecule has 0 spiro atoms. The zero-order chi connectivity index (χ0) is 9.97. The third-order valence-corrected chi connectivity index (χ3v) is 3.27. The Balaban J connectivity index is 2.19. The summed E-state index contributed by atoms with van der Waals surface area (Å²) in [6.07, 6.45) is 2.70. The first-order chi connectivity index (χ1) is 6.79. The highest BCUT2D eigenvalue weighted by molar-refractivity contribution is 7.98. The van der Waals surface area contributed by atoms with Crippen LogP contribution in [0.25, 0.3) is 0 Å². The first-order valence-corrected chi connectivity index (χ1v) is 5.92. The molecule has 1 unspecified atom stereocenters. The van der Waals surface area contributed by atoms with Gasteiger partial charge in [-0.05, 0) is 24.0 Å². The zero-order valence-corrected chi connectivity index (χ0v) is 8.93. The lowest BCUT2D eigenvalue weighted by molar-refractivity contribution is -0.119. The second-order valence-electron chi connectivity index (χ2n) is 3.48. The lowest BCUT2D eigenvalue weighted by Gasteiger charge is -2.08. The normalized spacial score (nSPS) is 20.9. The minimum Gasteiger partial charge on any atom is -0.355 e. The van der Waals surface area contributed by atoms with E-state index in [-0.39, 0.29) is 5.91 Å². The van der Waals surface area contributed by atoms with Gasteiger partial charge in [-0.15, -0.1) is 11.8 Å². The summed E-state index contributed by atoms with van der Waals surface area (Å²) in [6, 6.07) is 8.43. The van der Waals surface area contributed by atoms with E-state index in [1.54, 1.807) is 11.8 Å². The van der Waals surface area contributed by atoms with Gasteiger partial charge in [0.2, 0.25) is 5.91 Å². The molecule has 1 atom stereocenters. The minimum atomic E-state index is 0.171. The standard InChI is InChI=1S/C11H13NOS/c1-14-10-4-2-3-8(5-10)9-6-11(13)12-7-9/h2-5,9H,6-7H2,1H3,(H,12,13). The van der Waals surface area contributed by atoms with Crippen molar-refractivity contribution in [1.82, 2.24) is 5.32 Å². The largest absolute Gasteiger partial charge is 0.355 e. The highest BCUT2D eigenvalue weighted by atomic mass is 32.2. The molecule has 0 radical (unpaired) electrons. The molecule has 0 aliphatic carbocycles. The molecule has 0 saturated carbocycles. The molecule has 1 aromatic carbocycles. The van der Waals surface area contributed by atoms with E-state index in [1.807, 2.05) is 0 Å². The lowest BCUT2D eigenvalue weighted by Crippen LogP contribution is -2.13. The first-order valence-electron chi connectivity index (χ1n) is 4.70. The van der Waals surface area contributed by atoms with Crippen LogP contribution in [0.15, 0.2) is 29.2 Å². The third-order valence-electron chi connectivity index (χ3n) is 2.54. The second kappa shape index (κ2) is 4.05. The maximum atomic E-state index is 11.1. The Morgan fingerprint density at radius 2 is 2.36 bits per heavy atom. The van der Waals surface area contributed by atoms with Gasteiger partial charge in [0.25, 0.3) is 0 Å². The Labute approximate surface area is 88.1 Å². The number of hydrogen-bond donors (Lipinski definition) is 1. The quantitative estimate of drug-likeness (QED) is 0.752. The predicted molar refractivity (Wildman–Crippen MR) is 58.6 cm³/mol. The Kier molecular flexibility index (Phi) is 2.77. The Morgan fingerprint density at radius 3 is 3.00 bits per heavy atom. The number of amides is 1. The van der Waals surface area contributed by atoms with E-state index in [0.29, 0.717) is 12.3 Å². The molecule has 3 heteroatoms. The Bertz CT molecular complexity index is 351. The number of rotatable bonds is 2. The van der Waals surface area contributed by atoms with Crippen molar-refractivity contribution in [3.8, 4) is 0 Å². The van der Waals surface area contributed by atoms with Crippen molar-refractivity contribution in [2.24, 2.45) is 0 Å². The molecular weight excluding hydrogens is 194 g/mol. The van der Waals surface area contributed by atoms with Crippen molar-refractivity contribution in [1.29, 1.82) is 0 Å². The fraction of sp³-hybridized carbons (Fsp3) is 0.364. The highest BCUT2D eigenvalue weighted by Crippen LogP contribution is 2.26. The van der Waals surface area contributed by atoms with Crippen LogP contribution in [0, 0.1) is 0 Å². The molecule has 1 aliphatic heterocycles. The summed E-state index contributed by atoms with van der Waals surface area (Å²) in [5.41, 5.74) is 1.27. The monoisotopic (exact) mass is 207 g/mol. The molecule has 1 heterocycles. The average Bonchev–Trinajstić information content (AvgIpc) is 2.65. The summed E-state index contributed by atoms with van der Waals surface area (Å²) in [4.78, 5) is 12.3. The molecule has 2 rings (SSSR count). The summed E-state index contributed by atoms with van der Waals surface area (Å²) in [5.74, 6) is 0.541. The van der Waals surface area contributed by atoms with Gasteiger partial charge in [-0.2, -0.15) is 0 Å². The van der Waals surface area contributed by atoms with Crippen molar-refractivity contribution < 1.29 is 4.79 Å². The summed E-state index contributed by atoms with van der Waals surface area (Å²) in [5, 5.41) is 2.86. The van der Waals surface area contributed by atoms with E-state index in [2.05, 4.69) is 35.8 Å². The summed E-state index contributed by atoms with van der Waals surface area (Å²) in [6.45, 7) is 0.788. The fourth-order valence-corrected chi connectivity index (χ4v) is 2.20. The number of benzene rings is 1. The highest BCUT2D eigenvalue weighted by Gasteiger charge is 2.22. The topological polar surface area (TPSA) is 29.1 Å². The minimum absolute atomic E-state index is 0.171. The van der Waals surface area contributed by atoms with Gasteiger partial charge in [0.15, 0.2) is 0 Å². The number of hydrogen-bond acceptors (Lipinski definition) is 2. The molecule has 2 nitrogen and oxygen atoms in total. The van der Waals surface area contributed by atoms with E-state index in [4.69, 9.17) is 0 Å². The molecular formula is C11H13NOS. The smallest absolute Gasteiger partial charge is 0.220 e. The lowest BCUT2D eigenvalue weighted by atomic mass is 9.99. The molecule has 1 fully saturated rings. The van der Waals surface area contributed by atoms with E-state index in [0.717, 1.165) is 6.54 Å². The van der Waals surface area contributed by atoms with Crippen LogP contribution >= 0.6 is 11.8 Å². The summed E-state index contributed by atoms with van der Waals surface area (Å²) < 4.78 is 0. The number of carbonyl (C=O) groups excluding carboxylic acids is 1. The van der Waals surface area contributed by atoms with Crippen LogP contribution < -0.4 is 5.32 Å². The average molecular weight is 207 g/mol. The van der Waals surface area contributed by atoms with Gasteiger partial charge in [-0.25, -0.2) is 0 Å². The molecule has 1 amide bonds. The predicted octanol–water partition coefficient (Wildman–Crippen LogP) is 2.01. The summed E-state index contributed by atoms with van der Waals surface area (Å²) >= 11 is 1.74. The maximum Gasteiger partial charge on any atom is 0.220 e. The van der Waals surface area contributed by atoms with Gasteiger partial charge in [-0.1, -0.05) is 12.1 Å². The van der Waals surface area contributed by atoms with Crippen LogP contribution in [0.2, 0.25) is 0 Å². The van der Waals surface area contributed by atoms with E-state index < -0.39 is 0 Å². The van der Waals surface area contributed by atoms with Crippen molar-refractivity contribution >= 4 is 17.7 Å². The van der Waals surface area contributed by atoms with Gasteiger partial charge in [0, 0.05) is 23.8 Å². The zero-order valence-electron chi connectivity index (χ0n) is 8.12. The Hall–Kier alpha value is -0.960. The van der Waals surface area contributed by atoms with Crippen LogP contribution in [0.5, 0.6) is 0 Å². The molecule has 0 bridgehead atoms. The van der Waals surface area contributed by atoms with E-state index in [9.17, 15) is 4.79 Å². The molecule has 74 valence electrons. The van der Waals surface area contributed by atoms with Crippen LogP contribution in [-0.4, -0.2) is 18.7 Å². The van der Waals surface area contributed by atoms with Gasteiger partial charge in [0.05, 0.1) is 0 Å². The van der Waals surface area contributed by atoms with Crippen molar-refractivity contribution in [3.63, 3.8) is 0 Å². The first kappa shape index (κ1) is 9.59. The van der Waals surface area contributed by atoms with Gasteiger partial charge in [-0.3, -0.25) is 4.79 Å². The van der Waals surface area contributed by atoms with Crippen LogP contribution in [-0.2, 0) is 4.79 Å². The molecule has 1 saturated heterocycles. The SMILES string of the molecule is CSc1cccc(C2CNC(=O)C2)c1. The summed E-state index contributed by atoms with van der Waals surface area (Å²) in [7, 11) is 0. The maximum absolute atomic E-state index is 11.1. The van der Waals surface area contributed by atoms with E-state index >= 15 is 0 Å². The van der Waals surface area contributed by atoms with Crippen LogP contribution in [0.3, 0.4) is 0 Å². The molecule has 1 aromatic rings. The van der Waals surface area contributed by atoms with Crippen LogP contribution in [0.1, 0.15) is 17.9 Å². The van der Waals surface area contributed by atoms with Crippen molar-refractivity contribution in [3.05, 3.63) is 29.8 Å². The molecule has 1 N–H and O–H groups in total. The van der Waals surface area contributed by atoms with E-state index in [1.165, 1.54) is 10.5 Å². The molecule has 0 aromatic heterocycles. The van der Waals surface area contributed by atoms with Crippen molar-refractivity contribution in [2.75, 3.05) is 12.8 Å². The molecule has 1 aliphatic rings. The van der Waals surface area contributed by atoms with Crippen LogP contribution in [0.4, 0.5) is 0 Å². The van der Waals surface area contributed by atoms with Gasteiger partial charge >= 0.3 is 0 Å². The number of nitrogens with one attached hydrogen (secondary N) is 1. The van der Waals surface area contributed by atoms with Gasteiger partial charge in [0.1, 0.15) is 0 Å². The number of thioether (sulfide) groups is 1. The Morgan fingerprint density at radius 1 is 1.50 bits per heavy atom. The third kappa shape index (κ3) is 1.93. The van der Waals surface area contributed by atoms with Crippen molar-refractivity contribution in [2.45, 2.75) is 17.2 Å². The molecule has 14 heavy (non-hydrogen) atoms. The fourth-order valence-electron chi connectivity index (χ4n) is 1.74.